The fourth-order valence-corrected chi connectivity index (χ4v) is 4.14. The molecule has 0 fully saturated rings. The maximum atomic E-state index is 12.7. The first kappa shape index (κ1) is 16.5. The van der Waals surface area contributed by atoms with Crippen molar-refractivity contribution in [2.45, 2.75) is 38.0 Å². The molecule has 0 unspecified atom stereocenters. The van der Waals surface area contributed by atoms with Crippen LogP contribution in [0.25, 0.3) is 0 Å². The lowest BCUT2D eigenvalue weighted by Gasteiger charge is -2.14. The van der Waals surface area contributed by atoms with Crippen LogP contribution in [0.4, 0.5) is 11.4 Å². The van der Waals surface area contributed by atoms with Crippen LogP contribution in [0.2, 0.25) is 0 Å². The van der Waals surface area contributed by atoms with Crippen LogP contribution in [-0.4, -0.2) is 14.3 Å². The second-order valence-corrected chi connectivity index (χ2v) is 7.78. The highest BCUT2D eigenvalue weighted by Crippen LogP contribution is 2.28. The topological polar surface area (TPSA) is 75.3 Å². The van der Waals surface area contributed by atoms with E-state index in [1.54, 1.807) is 12.1 Å². The first-order valence-corrected chi connectivity index (χ1v) is 9.37. The van der Waals surface area contributed by atoms with Gasteiger partial charge in [0.15, 0.2) is 0 Å². The van der Waals surface area contributed by atoms with Gasteiger partial charge >= 0.3 is 0 Å². The summed E-state index contributed by atoms with van der Waals surface area (Å²) in [7, 11) is -3.68. The molecule has 0 radical (unpaired) electrons. The van der Waals surface area contributed by atoms with Gasteiger partial charge in [0.25, 0.3) is 10.0 Å². The molecule has 1 aliphatic heterocycles. The van der Waals surface area contributed by atoms with Crippen molar-refractivity contribution in [1.82, 2.24) is 0 Å². The monoisotopic (exact) mass is 344 g/mol. The number of nitrogens with one attached hydrogen (secondary N) is 2. The molecule has 0 aliphatic carbocycles. The Morgan fingerprint density at radius 1 is 1.04 bits per heavy atom. The zero-order valence-electron chi connectivity index (χ0n) is 13.7. The summed E-state index contributed by atoms with van der Waals surface area (Å²) in [5.74, 6) is -0.0296. The lowest BCUT2D eigenvalue weighted by Crippen LogP contribution is -2.15. The average Bonchev–Trinajstić information content (AvgIpc) is 2.71. The molecule has 126 valence electrons. The molecule has 2 aromatic carbocycles. The predicted molar refractivity (Wildman–Crippen MR) is 94.7 cm³/mol. The minimum Gasteiger partial charge on any atom is -0.326 e. The third-order valence-electron chi connectivity index (χ3n) is 4.23. The van der Waals surface area contributed by atoms with Gasteiger partial charge in [0, 0.05) is 12.1 Å². The summed E-state index contributed by atoms with van der Waals surface area (Å²) in [6, 6.07) is 10.5. The zero-order valence-corrected chi connectivity index (χ0v) is 14.5. The highest BCUT2D eigenvalue weighted by Gasteiger charge is 2.20. The van der Waals surface area contributed by atoms with Gasteiger partial charge in [0.05, 0.1) is 10.6 Å². The number of hydrogen-bond donors (Lipinski definition) is 2. The van der Waals surface area contributed by atoms with E-state index in [1.165, 1.54) is 6.07 Å². The van der Waals surface area contributed by atoms with E-state index in [4.69, 9.17) is 0 Å². The molecule has 2 N–H and O–H groups in total. The van der Waals surface area contributed by atoms with Crippen LogP contribution in [0, 0.1) is 13.8 Å². The minimum absolute atomic E-state index is 0.0296. The number of benzene rings is 2. The van der Waals surface area contributed by atoms with E-state index in [9.17, 15) is 13.2 Å². The Kier molecular flexibility index (Phi) is 4.32. The van der Waals surface area contributed by atoms with E-state index < -0.39 is 10.0 Å². The van der Waals surface area contributed by atoms with Crippen LogP contribution in [0.5, 0.6) is 0 Å². The number of hydrogen-bond acceptors (Lipinski definition) is 3. The lowest BCUT2D eigenvalue weighted by atomic mass is 10.1. The Morgan fingerprint density at radius 3 is 2.46 bits per heavy atom. The fourth-order valence-electron chi connectivity index (χ4n) is 2.89. The molecule has 0 saturated heterocycles. The molecule has 2 aromatic rings. The van der Waals surface area contributed by atoms with Crippen molar-refractivity contribution in [1.29, 1.82) is 0 Å². The summed E-state index contributed by atoms with van der Waals surface area (Å²) in [5, 5.41) is 2.81. The van der Waals surface area contributed by atoms with Gasteiger partial charge in [-0.05, 0) is 61.6 Å². The van der Waals surface area contributed by atoms with Crippen LogP contribution in [0.15, 0.2) is 41.3 Å². The summed E-state index contributed by atoms with van der Waals surface area (Å²) >= 11 is 0. The third kappa shape index (κ3) is 3.28. The molecule has 0 atom stereocenters. The lowest BCUT2D eigenvalue weighted by molar-refractivity contribution is -0.116. The normalized spacial score (nSPS) is 14.5. The van der Waals surface area contributed by atoms with E-state index in [2.05, 4.69) is 10.0 Å². The van der Waals surface area contributed by atoms with Gasteiger partial charge in [-0.2, -0.15) is 0 Å². The van der Waals surface area contributed by atoms with Crippen molar-refractivity contribution in [3.63, 3.8) is 0 Å². The Balaban J connectivity index is 1.96. The van der Waals surface area contributed by atoms with E-state index >= 15 is 0 Å². The van der Waals surface area contributed by atoms with Crippen LogP contribution in [0.3, 0.4) is 0 Å². The number of carbonyl (C=O) groups excluding carboxylic acids is 1. The fraction of sp³-hybridized carbons (Fsp3) is 0.278. The predicted octanol–water partition coefficient (Wildman–Crippen LogP) is 3.38. The molecule has 6 heteroatoms. The molecule has 1 amide bonds. The molecule has 0 saturated carbocycles. The molecule has 5 nitrogen and oxygen atoms in total. The molecule has 0 aromatic heterocycles. The maximum absolute atomic E-state index is 12.7. The number of amides is 1. The summed E-state index contributed by atoms with van der Waals surface area (Å²) in [4.78, 5) is 11.8. The van der Waals surface area contributed by atoms with Crippen LogP contribution in [0.1, 0.15) is 29.5 Å². The van der Waals surface area contributed by atoms with Gasteiger partial charge < -0.3 is 5.32 Å². The maximum Gasteiger partial charge on any atom is 0.261 e. The van der Waals surface area contributed by atoms with Crippen LogP contribution in [-0.2, 0) is 21.2 Å². The van der Waals surface area contributed by atoms with E-state index in [1.807, 2.05) is 32.0 Å². The van der Waals surface area contributed by atoms with Gasteiger partial charge in [-0.3, -0.25) is 9.52 Å². The molecule has 3 rings (SSSR count). The smallest absolute Gasteiger partial charge is 0.261 e. The van der Waals surface area contributed by atoms with Crippen molar-refractivity contribution < 1.29 is 13.2 Å². The van der Waals surface area contributed by atoms with Gasteiger partial charge in [-0.25, -0.2) is 8.42 Å². The van der Waals surface area contributed by atoms with Gasteiger partial charge in [0.1, 0.15) is 0 Å². The summed E-state index contributed by atoms with van der Waals surface area (Å²) in [5.41, 5.74) is 3.91. The number of para-hydroxylation sites is 1. The number of carbonyl (C=O) groups is 1. The largest absolute Gasteiger partial charge is 0.326 e. The van der Waals surface area contributed by atoms with Gasteiger partial charge in [-0.15, -0.1) is 0 Å². The van der Waals surface area contributed by atoms with Crippen LogP contribution < -0.4 is 10.0 Å². The van der Waals surface area contributed by atoms with Crippen molar-refractivity contribution in [2.75, 3.05) is 10.0 Å². The Morgan fingerprint density at radius 2 is 1.75 bits per heavy atom. The Labute approximate surface area is 142 Å². The highest BCUT2D eigenvalue weighted by atomic mass is 32.2. The van der Waals surface area contributed by atoms with Crippen molar-refractivity contribution in [3.8, 4) is 0 Å². The van der Waals surface area contributed by atoms with E-state index in [-0.39, 0.29) is 10.8 Å². The summed E-state index contributed by atoms with van der Waals surface area (Å²) in [6.45, 7) is 3.74. The number of sulfonamides is 1. The van der Waals surface area contributed by atoms with Gasteiger partial charge in [-0.1, -0.05) is 18.2 Å². The number of aryl methyl sites for hydroxylation is 3. The summed E-state index contributed by atoms with van der Waals surface area (Å²) < 4.78 is 28.2. The Bertz CT molecular complexity index is 884. The second kappa shape index (κ2) is 6.28. The number of rotatable bonds is 3. The van der Waals surface area contributed by atoms with Crippen molar-refractivity contribution in [2.24, 2.45) is 0 Å². The molecular formula is C18H20N2O3S. The molecule has 0 bridgehead atoms. The SMILES string of the molecule is Cc1cccc(C)c1NS(=O)(=O)c1ccc2c(c1)CCCC(=O)N2. The molecule has 1 aliphatic rings. The second-order valence-electron chi connectivity index (χ2n) is 6.09. The van der Waals surface area contributed by atoms with E-state index in [0.29, 0.717) is 30.6 Å². The Hall–Kier alpha value is -2.34. The van der Waals surface area contributed by atoms with Gasteiger partial charge in [0.2, 0.25) is 5.91 Å². The first-order chi connectivity index (χ1) is 11.4. The highest BCUT2D eigenvalue weighted by molar-refractivity contribution is 7.92. The minimum atomic E-state index is -3.68. The van der Waals surface area contributed by atoms with E-state index in [0.717, 1.165) is 16.7 Å². The van der Waals surface area contributed by atoms with Crippen molar-refractivity contribution >= 4 is 27.3 Å². The van der Waals surface area contributed by atoms with Crippen molar-refractivity contribution in [3.05, 3.63) is 53.1 Å². The standard InChI is InChI=1S/C18H20N2O3S/c1-12-5-3-6-13(2)18(12)20-24(22,23)15-9-10-16-14(11-15)7-4-8-17(21)19-16/h3,5-6,9-11,20H,4,7-8H2,1-2H3,(H,19,21). The summed E-state index contributed by atoms with van der Waals surface area (Å²) in [6.07, 6.45) is 1.85. The number of anilines is 2. The van der Waals surface area contributed by atoms with Crippen LogP contribution >= 0.6 is 0 Å². The first-order valence-electron chi connectivity index (χ1n) is 7.88. The third-order valence-corrected chi connectivity index (χ3v) is 5.58. The zero-order chi connectivity index (χ0) is 17.3. The quantitative estimate of drug-likeness (QED) is 0.896. The average molecular weight is 344 g/mol. The molecule has 24 heavy (non-hydrogen) atoms. The molecular weight excluding hydrogens is 324 g/mol. The molecule has 0 spiro atoms. The molecule has 1 heterocycles. The number of fused-ring (bicyclic) bond motifs is 1.